The minimum atomic E-state index is -0.864. The summed E-state index contributed by atoms with van der Waals surface area (Å²) in [5.41, 5.74) is 0.741. The number of carboxylic acids is 2. The first kappa shape index (κ1) is 24.3. The number of hydrogen-bond donors (Lipinski definition) is 2. The summed E-state index contributed by atoms with van der Waals surface area (Å²) in [5.74, 6) is -1.73. The summed E-state index contributed by atoms with van der Waals surface area (Å²) < 4.78 is 4.53. The smallest absolute Gasteiger partial charge is 0.330 e. The summed E-state index contributed by atoms with van der Waals surface area (Å²) in [7, 11) is 1.86. The Bertz CT molecular complexity index is 351. The zero-order valence-electron chi connectivity index (χ0n) is 13.3. The van der Waals surface area contributed by atoms with Gasteiger partial charge in [0.25, 0.3) is 0 Å². The van der Waals surface area contributed by atoms with Crippen LogP contribution in [0.15, 0.2) is 48.6 Å². The fourth-order valence-corrected chi connectivity index (χ4v) is 0.695. The number of hydrogen-bond acceptors (Lipinski definition) is 3. The fraction of sp³-hybridized carbons (Fsp3) is 0.286. The van der Waals surface area contributed by atoms with Crippen LogP contribution in [0.4, 0.5) is 0 Å². The van der Waals surface area contributed by atoms with Crippen molar-refractivity contribution in [2.45, 2.75) is 26.7 Å². The van der Waals surface area contributed by atoms with Crippen molar-refractivity contribution >= 4 is 32.9 Å². The minimum absolute atomic E-state index is 0.370. The van der Waals surface area contributed by atoms with Gasteiger partial charge in [0.2, 0.25) is 0 Å². The molecular formula is C14H26O5Si2. The van der Waals surface area contributed by atoms with Gasteiger partial charge in [-0.3, -0.25) is 0 Å². The molecule has 0 aromatic carbocycles. The number of allylic oxidation sites excluding steroid dienone is 4. The van der Waals surface area contributed by atoms with E-state index in [4.69, 9.17) is 10.2 Å². The van der Waals surface area contributed by atoms with E-state index in [1.165, 1.54) is 0 Å². The van der Waals surface area contributed by atoms with Gasteiger partial charge in [-0.2, -0.15) is 0 Å². The third kappa shape index (κ3) is 23.8. The standard InChI is InChI=1S/2C7H10O2.H6OSi2/c2*1-3-4-5-6(2)7(8)9;2-1-3/h2*3,5H,1,4H2,2H3,(H,8,9);2-3H3. The van der Waals surface area contributed by atoms with Gasteiger partial charge in [-0.15, -0.1) is 13.2 Å². The SMILES string of the molecule is C=CCC=C(C)C(=O)O.C=CCC=C(C)C(=O)O.[SiH3]O[SiH3]. The lowest BCUT2D eigenvalue weighted by atomic mass is 10.2. The van der Waals surface area contributed by atoms with Crippen LogP contribution in [0.1, 0.15) is 26.7 Å². The van der Waals surface area contributed by atoms with Crippen LogP contribution in [0.5, 0.6) is 0 Å². The first-order chi connectivity index (χ1) is 9.78. The molecule has 0 aromatic rings. The van der Waals surface area contributed by atoms with E-state index in [0.717, 1.165) is 21.0 Å². The molecule has 0 heterocycles. The minimum Gasteiger partial charge on any atom is -0.478 e. The van der Waals surface area contributed by atoms with Crippen LogP contribution in [0.3, 0.4) is 0 Å². The van der Waals surface area contributed by atoms with Crippen LogP contribution in [0.25, 0.3) is 0 Å². The number of carbonyl (C=O) groups is 2. The Morgan fingerprint density at radius 2 is 1.19 bits per heavy atom. The molecule has 0 aliphatic carbocycles. The molecule has 0 saturated heterocycles. The van der Waals surface area contributed by atoms with Gasteiger partial charge >= 0.3 is 11.9 Å². The van der Waals surface area contributed by atoms with Gasteiger partial charge in [0.05, 0.1) is 0 Å². The highest BCUT2D eigenvalue weighted by molar-refractivity contribution is 6.15. The van der Waals surface area contributed by atoms with Crippen molar-refractivity contribution in [2.75, 3.05) is 0 Å². The van der Waals surface area contributed by atoms with Gasteiger partial charge in [0, 0.05) is 11.1 Å². The van der Waals surface area contributed by atoms with Gasteiger partial charge in [0.1, 0.15) is 21.0 Å². The Morgan fingerprint density at radius 1 is 0.952 bits per heavy atom. The van der Waals surface area contributed by atoms with E-state index in [0.29, 0.717) is 24.0 Å². The maximum absolute atomic E-state index is 10.1. The topological polar surface area (TPSA) is 83.8 Å². The summed E-state index contributed by atoms with van der Waals surface area (Å²) in [5, 5.41) is 16.6. The summed E-state index contributed by atoms with van der Waals surface area (Å²) in [6.45, 7) is 10.0. The molecule has 0 spiro atoms. The molecule has 0 aromatic heterocycles. The average Bonchev–Trinajstić information content (AvgIpc) is 2.43. The zero-order valence-corrected chi connectivity index (χ0v) is 17.3. The molecule has 7 heteroatoms. The third-order valence-electron chi connectivity index (χ3n) is 1.86. The van der Waals surface area contributed by atoms with Crippen molar-refractivity contribution < 1.29 is 23.9 Å². The highest BCUT2D eigenvalue weighted by Crippen LogP contribution is 1.95. The van der Waals surface area contributed by atoms with E-state index in [1.807, 2.05) is 0 Å². The summed E-state index contributed by atoms with van der Waals surface area (Å²) in [6.07, 6.45) is 7.81. The van der Waals surface area contributed by atoms with E-state index in [-0.39, 0.29) is 0 Å². The van der Waals surface area contributed by atoms with Gasteiger partial charge < -0.3 is 14.3 Å². The van der Waals surface area contributed by atoms with Crippen molar-refractivity contribution in [3.8, 4) is 0 Å². The number of aliphatic carboxylic acids is 2. The molecule has 0 fully saturated rings. The first-order valence-corrected chi connectivity index (χ1v) is 7.83. The Hall–Kier alpha value is -1.71. The molecule has 2 N–H and O–H groups in total. The second-order valence-electron chi connectivity index (χ2n) is 3.84. The van der Waals surface area contributed by atoms with Crippen LogP contribution in [-0.4, -0.2) is 43.1 Å². The van der Waals surface area contributed by atoms with E-state index >= 15 is 0 Å². The van der Waals surface area contributed by atoms with Crippen LogP contribution >= 0.6 is 0 Å². The van der Waals surface area contributed by atoms with E-state index < -0.39 is 11.9 Å². The molecule has 0 aliphatic heterocycles. The van der Waals surface area contributed by atoms with Crippen molar-refractivity contribution in [1.29, 1.82) is 0 Å². The monoisotopic (exact) mass is 330 g/mol. The predicted molar refractivity (Wildman–Crippen MR) is 93.4 cm³/mol. The Labute approximate surface area is 132 Å². The van der Waals surface area contributed by atoms with Crippen LogP contribution in [0, 0.1) is 0 Å². The van der Waals surface area contributed by atoms with Crippen molar-refractivity contribution in [1.82, 2.24) is 0 Å². The second-order valence-corrected chi connectivity index (χ2v) is 7.11. The number of rotatable bonds is 6. The lowest BCUT2D eigenvalue weighted by Gasteiger charge is -1.87. The van der Waals surface area contributed by atoms with E-state index in [1.54, 1.807) is 38.2 Å². The highest BCUT2D eigenvalue weighted by Gasteiger charge is 1.96. The normalized spacial score (nSPS) is 10.6. The van der Waals surface area contributed by atoms with Crippen LogP contribution < -0.4 is 0 Å². The van der Waals surface area contributed by atoms with Gasteiger partial charge in [-0.25, -0.2) is 9.59 Å². The molecule has 0 saturated carbocycles. The lowest BCUT2D eigenvalue weighted by molar-refractivity contribution is -0.133. The lowest BCUT2D eigenvalue weighted by Crippen LogP contribution is -1.94. The predicted octanol–water partition coefficient (Wildman–Crippen LogP) is 0.751. The molecule has 0 aliphatic rings. The summed E-state index contributed by atoms with van der Waals surface area (Å²) >= 11 is 0. The Morgan fingerprint density at radius 3 is 1.33 bits per heavy atom. The third-order valence-corrected chi connectivity index (χ3v) is 1.86. The molecule has 0 amide bonds. The zero-order chi connectivity index (χ0) is 17.3. The number of carboxylic acid groups (broad SMARTS) is 2. The van der Waals surface area contributed by atoms with Gasteiger partial charge in [-0.1, -0.05) is 24.3 Å². The van der Waals surface area contributed by atoms with Crippen LogP contribution in [-0.2, 0) is 13.7 Å². The molecule has 120 valence electrons. The van der Waals surface area contributed by atoms with Crippen molar-refractivity contribution in [3.63, 3.8) is 0 Å². The molecule has 21 heavy (non-hydrogen) atoms. The molecule has 0 unspecified atom stereocenters. The van der Waals surface area contributed by atoms with Crippen molar-refractivity contribution in [3.05, 3.63) is 48.6 Å². The molecular weight excluding hydrogens is 304 g/mol. The summed E-state index contributed by atoms with van der Waals surface area (Å²) in [6, 6.07) is 0. The molecule has 0 bridgehead atoms. The molecule has 0 atom stereocenters. The Balaban J connectivity index is -0.000000260. The molecule has 5 nitrogen and oxygen atoms in total. The van der Waals surface area contributed by atoms with Crippen LogP contribution in [0.2, 0.25) is 0 Å². The van der Waals surface area contributed by atoms with E-state index in [2.05, 4.69) is 17.3 Å². The Kier molecular flexibility index (Phi) is 21.2. The highest BCUT2D eigenvalue weighted by atomic mass is 28.3. The van der Waals surface area contributed by atoms with Crippen molar-refractivity contribution in [2.24, 2.45) is 0 Å². The molecule has 0 rings (SSSR count). The van der Waals surface area contributed by atoms with Gasteiger partial charge in [0.15, 0.2) is 0 Å². The molecule has 0 radical (unpaired) electrons. The summed E-state index contributed by atoms with van der Waals surface area (Å²) in [4.78, 5) is 20.2. The maximum Gasteiger partial charge on any atom is 0.330 e. The second kappa shape index (κ2) is 18.3. The quantitative estimate of drug-likeness (QED) is 0.426. The maximum atomic E-state index is 10.1. The average molecular weight is 331 g/mol. The van der Waals surface area contributed by atoms with Gasteiger partial charge in [-0.05, 0) is 26.7 Å². The largest absolute Gasteiger partial charge is 0.478 e. The fourth-order valence-electron chi connectivity index (χ4n) is 0.695. The van der Waals surface area contributed by atoms with E-state index in [9.17, 15) is 9.59 Å². The first-order valence-electron chi connectivity index (χ1n) is 6.20.